The molecular formula is C14H17N3OS2. The van der Waals surface area contributed by atoms with Gasteiger partial charge in [-0.2, -0.15) is 0 Å². The first-order chi connectivity index (χ1) is 9.59. The number of hydrogen-bond acceptors (Lipinski definition) is 4. The highest BCUT2D eigenvalue weighted by molar-refractivity contribution is 7.84. The maximum atomic E-state index is 11.1. The highest BCUT2D eigenvalue weighted by Gasteiger charge is 2.10. The van der Waals surface area contributed by atoms with Gasteiger partial charge < -0.3 is 11.1 Å². The Morgan fingerprint density at radius 1 is 1.45 bits per heavy atom. The van der Waals surface area contributed by atoms with Crippen molar-refractivity contribution in [3.05, 3.63) is 36.0 Å². The van der Waals surface area contributed by atoms with Crippen molar-refractivity contribution >= 4 is 44.6 Å². The summed E-state index contributed by atoms with van der Waals surface area (Å²) in [6.07, 6.45) is 4.24. The standard InChI is InChI=1S/C14H17N3OS2/c1-20(18)8-4-7-16-13-10-5-2-3-6-12(10)17-9-11(13)14(15)19/h2-3,5-6,9H,4,7-8H2,1H3,(H2,15,19)(H,16,17). The van der Waals surface area contributed by atoms with Gasteiger partial charge in [0.2, 0.25) is 0 Å². The van der Waals surface area contributed by atoms with Gasteiger partial charge in [-0.1, -0.05) is 30.4 Å². The second-order valence-corrected chi connectivity index (χ2v) is 6.48. The van der Waals surface area contributed by atoms with Crippen LogP contribution < -0.4 is 11.1 Å². The van der Waals surface area contributed by atoms with Gasteiger partial charge in [0, 0.05) is 40.9 Å². The molecule has 2 aromatic rings. The molecule has 1 aromatic carbocycles. The molecule has 6 heteroatoms. The molecule has 0 aliphatic heterocycles. The van der Waals surface area contributed by atoms with Crippen LogP contribution in [0.2, 0.25) is 0 Å². The van der Waals surface area contributed by atoms with E-state index in [-0.39, 0.29) is 0 Å². The van der Waals surface area contributed by atoms with Gasteiger partial charge in [-0.05, 0) is 12.5 Å². The number of nitrogens with two attached hydrogens (primary N) is 1. The van der Waals surface area contributed by atoms with E-state index in [0.717, 1.165) is 35.1 Å². The average Bonchev–Trinajstić information content (AvgIpc) is 2.42. The van der Waals surface area contributed by atoms with Crippen LogP contribution in [0.5, 0.6) is 0 Å². The summed E-state index contributed by atoms with van der Waals surface area (Å²) < 4.78 is 11.1. The molecule has 3 N–H and O–H groups in total. The highest BCUT2D eigenvalue weighted by atomic mass is 32.2. The van der Waals surface area contributed by atoms with Crippen LogP contribution in [0.25, 0.3) is 10.9 Å². The number of nitrogens with zero attached hydrogens (tertiary/aromatic N) is 1. The van der Waals surface area contributed by atoms with Crippen LogP contribution in [0.4, 0.5) is 5.69 Å². The maximum absolute atomic E-state index is 11.1. The maximum Gasteiger partial charge on any atom is 0.107 e. The molecule has 0 bridgehead atoms. The molecule has 1 heterocycles. The molecule has 0 radical (unpaired) electrons. The Morgan fingerprint density at radius 3 is 2.90 bits per heavy atom. The number of para-hydroxylation sites is 1. The molecule has 0 aliphatic rings. The number of benzene rings is 1. The predicted molar refractivity (Wildman–Crippen MR) is 89.7 cm³/mol. The zero-order chi connectivity index (χ0) is 14.5. The topological polar surface area (TPSA) is 68.0 Å². The summed E-state index contributed by atoms with van der Waals surface area (Å²) in [5.74, 6) is 0.679. The largest absolute Gasteiger partial charge is 0.389 e. The summed E-state index contributed by atoms with van der Waals surface area (Å²) in [4.78, 5) is 4.69. The van der Waals surface area contributed by atoms with E-state index in [2.05, 4.69) is 10.3 Å². The Labute approximate surface area is 126 Å². The highest BCUT2D eigenvalue weighted by Crippen LogP contribution is 2.25. The Morgan fingerprint density at radius 2 is 2.20 bits per heavy atom. The van der Waals surface area contributed by atoms with E-state index < -0.39 is 10.8 Å². The molecule has 1 unspecified atom stereocenters. The first-order valence-electron chi connectivity index (χ1n) is 6.31. The van der Waals surface area contributed by atoms with Gasteiger partial charge in [0.15, 0.2) is 0 Å². The van der Waals surface area contributed by atoms with Crippen molar-refractivity contribution in [3.63, 3.8) is 0 Å². The van der Waals surface area contributed by atoms with Crippen molar-refractivity contribution in [2.24, 2.45) is 5.73 Å². The lowest BCUT2D eigenvalue weighted by Crippen LogP contribution is -2.15. The predicted octanol–water partition coefficient (Wildman–Crippen LogP) is 2.05. The van der Waals surface area contributed by atoms with Crippen LogP contribution in [0.15, 0.2) is 30.5 Å². The average molecular weight is 307 g/mol. The fourth-order valence-electron chi connectivity index (χ4n) is 2.01. The van der Waals surface area contributed by atoms with E-state index in [1.54, 1.807) is 12.5 Å². The van der Waals surface area contributed by atoms with Crippen molar-refractivity contribution in [3.8, 4) is 0 Å². The number of thiocarbonyl (C=S) groups is 1. The van der Waals surface area contributed by atoms with Gasteiger partial charge in [-0.15, -0.1) is 0 Å². The molecule has 1 aromatic heterocycles. The molecule has 4 nitrogen and oxygen atoms in total. The molecule has 0 spiro atoms. The lowest BCUT2D eigenvalue weighted by Gasteiger charge is -2.13. The summed E-state index contributed by atoms with van der Waals surface area (Å²) >= 11 is 5.08. The smallest absolute Gasteiger partial charge is 0.107 e. The molecule has 0 fully saturated rings. The third-order valence-corrected chi connectivity index (χ3v) is 4.03. The number of hydrogen-bond donors (Lipinski definition) is 2. The zero-order valence-corrected chi connectivity index (χ0v) is 12.9. The fraction of sp³-hybridized carbons (Fsp3) is 0.286. The van der Waals surface area contributed by atoms with Crippen LogP contribution in [0.1, 0.15) is 12.0 Å². The first-order valence-corrected chi connectivity index (χ1v) is 8.44. The van der Waals surface area contributed by atoms with Crippen LogP contribution in [0.3, 0.4) is 0 Å². The van der Waals surface area contributed by atoms with Crippen molar-refractivity contribution in [2.45, 2.75) is 6.42 Å². The lowest BCUT2D eigenvalue weighted by atomic mass is 10.1. The molecule has 106 valence electrons. The molecule has 0 saturated heterocycles. The number of fused-ring (bicyclic) bond motifs is 1. The number of rotatable bonds is 6. The monoisotopic (exact) mass is 307 g/mol. The van der Waals surface area contributed by atoms with E-state index in [0.29, 0.717) is 10.7 Å². The van der Waals surface area contributed by atoms with Crippen molar-refractivity contribution < 1.29 is 4.21 Å². The van der Waals surface area contributed by atoms with Gasteiger partial charge in [-0.25, -0.2) is 0 Å². The van der Waals surface area contributed by atoms with E-state index in [1.165, 1.54) is 0 Å². The van der Waals surface area contributed by atoms with Crippen molar-refractivity contribution in [1.82, 2.24) is 4.98 Å². The van der Waals surface area contributed by atoms with Crippen LogP contribution in [0, 0.1) is 0 Å². The van der Waals surface area contributed by atoms with Crippen LogP contribution >= 0.6 is 12.2 Å². The summed E-state index contributed by atoms with van der Waals surface area (Å²) in [7, 11) is -0.768. The summed E-state index contributed by atoms with van der Waals surface area (Å²) in [6, 6.07) is 7.84. The first kappa shape index (κ1) is 14.9. The zero-order valence-electron chi connectivity index (χ0n) is 11.3. The molecule has 0 aliphatic carbocycles. The Hall–Kier alpha value is -1.53. The lowest BCUT2D eigenvalue weighted by molar-refractivity contribution is 0.685. The summed E-state index contributed by atoms with van der Waals surface area (Å²) in [6.45, 7) is 0.725. The van der Waals surface area contributed by atoms with Gasteiger partial charge in [0.1, 0.15) is 4.99 Å². The van der Waals surface area contributed by atoms with E-state index in [4.69, 9.17) is 18.0 Å². The number of pyridine rings is 1. The SMILES string of the molecule is CS(=O)CCCNc1c(C(N)=S)cnc2ccccc12. The normalized spacial score (nSPS) is 12.2. The Kier molecular flexibility index (Phi) is 5.03. The van der Waals surface area contributed by atoms with Crippen molar-refractivity contribution in [1.29, 1.82) is 0 Å². The molecule has 0 saturated carbocycles. The number of anilines is 1. The van der Waals surface area contributed by atoms with Crippen molar-refractivity contribution in [2.75, 3.05) is 23.9 Å². The summed E-state index contributed by atoms with van der Waals surface area (Å²) in [5, 5.41) is 4.35. The van der Waals surface area contributed by atoms with Gasteiger partial charge in [-0.3, -0.25) is 9.19 Å². The molecule has 20 heavy (non-hydrogen) atoms. The molecule has 2 rings (SSSR count). The van der Waals surface area contributed by atoms with Gasteiger partial charge >= 0.3 is 0 Å². The minimum absolute atomic E-state index is 0.324. The Bertz CT molecular complexity index is 658. The second-order valence-electron chi connectivity index (χ2n) is 4.49. The minimum Gasteiger partial charge on any atom is -0.389 e. The molecular weight excluding hydrogens is 290 g/mol. The summed E-state index contributed by atoms with van der Waals surface area (Å²) in [5.41, 5.74) is 8.31. The minimum atomic E-state index is -0.768. The third-order valence-electron chi connectivity index (χ3n) is 2.95. The number of nitrogens with one attached hydrogen (secondary N) is 1. The van der Waals surface area contributed by atoms with Crippen LogP contribution in [-0.2, 0) is 10.8 Å². The molecule has 0 amide bonds. The van der Waals surface area contributed by atoms with Gasteiger partial charge in [0.05, 0.1) is 16.8 Å². The Balaban J connectivity index is 2.30. The quantitative estimate of drug-likeness (QED) is 0.631. The van der Waals surface area contributed by atoms with E-state index >= 15 is 0 Å². The van der Waals surface area contributed by atoms with Gasteiger partial charge in [0.25, 0.3) is 0 Å². The fourth-order valence-corrected chi connectivity index (χ4v) is 2.71. The molecule has 1 atom stereocenters. The van der Waals surface area contributed by atoms with E-state index in [1.807, 2.05) is 24.3 Å². The number of aromatic nitrogens is 1. The van der Waals surface area contributed by atoms with Crippen LogP contribution in [-0.4, -0.2) is 32.7 Å². The third kappa shape index (κ3) is 3.52. The van der Waals surface area contributed by atoms with E-state index in [9.17, 15) is 4.21 Å². The second kappa shape index (κ2) is 6.76.